The molecule has 1 fully saturated rings. The number of carboxylic acids is 1. The van der Waals surface area contributed by atoms with Gasteiger partial charge < -0.3 is 14.4 Å². The monoisotopic (exact) mass is 346 g/mol. The molecule has 2 atom stereocenters. The summed E-state index contributed by atoms with van der Waals surface area (Å²) < 4.78 is 19.3. The van der Waals surface area contributed by atoms with E-state index in [1.165, 1.54) is 12.3 Å². The fourth-order valence-corrected chi connectivity index (χ4v) is 3.08. The van der Waals surface area contributed by atoms with Crippen molar-refractivity contribution in [3.8, 4) is 11.3 Å². The van der Waals surface area contributed by atoms with E-state index < -0.39 is 17.7 Å². The molecule has 1 aromatic heterocycles. The number of halogens is 1. The third kappa shape index (κ3) is 3.70. The van der Waals surface area contributed by atoms with E-state index in [2.05, 4.69) is 4.98 Å². The van der Waals surface area contributed by atoms with Crippen molar-refractivity contribution in [2.24, 2.45) is 11.8 Å². The van der Waals surface area contributed by atoms with Crippen molar-refractivity contribution in [1.29, 1.82) is 0 Å². The van der Waals surface area contributed by atoms with Gasteiger partial charge in [0.25, 0.3) is 0 Å². The van der Waals surface area contributed by atoms with Crippen molar-refractivity contribution < 1.29 is 23.5 Å². The highest BCUT2D eigenvalue weighted by atomic mass is 19.1. The lowest BCUT2D eigenvalue weighted by atomic mass is 9.99. The van der Waals surface area contributed by atoms with E-state index in [1.54, 1.807) is 23.1 Å². The predicted molar refractivity (Wildman–Crippen MR) is 87.1 cm³/mol. The van der Waals surface area contributed by atoms with Gasteiger partial charge in [0.05, 0.1) is 17.7 Å². The normalized spacial score (nSPS) is 20.0. The van der Waals surface area contributed by atoms with Crippen LogP contribution in [-0.2, 0) is 16.0 Å². The molecule has 132 valence electrons. The number of rotatable bonds is 5. The number of carbonyl (C=O) groups excluding carboxylic acids is 1. The maximum absolute atomic E-state index is 13.7. The Hall–Kier alpha value is -2.70. The highest BCUT2D eigenvalue weighted by Crippen LogP contribution is 2.25. The average Bonchev–Trinajstić information content (AvgIpc) is 3.20. The molecule has 2 heterocycles. The topological polar surface area (TPSA) is 83.6 Å². The molecule has 0 spiro atoms. The third-order valence-electron chi connectivity index (χ3n) is 4.53. The molecule has 0 unspecified atom stereocenters. The molecule has 0 radical (unpaired) electrons. The summed E-state index contributed by atoms with van der Waals surface area (Å²) in [6.45, 7) is 2.52. The highest BCUT2D eigenvalue weighted by molar-refractivity contribution is 5.79. The van der Waals surface area contributed by atoms with E-state index in [-0.39, 0.29) is 31.2 Å². The largest absolute Gasteiger partial charge is 0.481 e. The van der Waals surface area contributed by atoms with Gasteiger partial charge in [0, 0.05) is 25.9 Å². The fraction of sp³-hybridized carbons (Fsp3) is 0.389. The van der Waals surface area contributed by atoms with Crippen LogP contribution in [0.4, 0.5) is 4.39 Å². The molecule has 0 saturated carbocycles. The molecule has 3 rings (SSSR count). The number of likely N-dealkylation sites (tertiary alicyclic amines) is 1. The lowest BCUT2D eigenvalue weighted by Crippen LogP contribution is -2.30. The second-order valence-electron chi connectivity index (χ2n) is 6.32. The molecule has 6 nitrogen and oxygen atoms in total. The average molecular weight is 346 g/mol. The van der Waals surface area contributed by atoms with Crippen LogP contribution >= 0.6 is 0 Å². The maximum Gasteiger partial charge on any atom is 0.308 e. The molecule has 1 aromatic carbocycles. The first-order valence-corrected chi connectivity index (χ1v) is 8.16. The van der Waals surface area contributed by atoms with E-state index in [4.69, 9.17) is 9.52 Å². The van der Waals surface area contributed by atoms with E-state index >= 15 is 0 Å². The minimum Gasteiger partial charge on any atom is -0.481 e. The zero-order valence-corrected chi connectivity index (χ0v) is 13.8. The van der Waals surface area contributed by atoms with Crippen molar-refractivity contribution in [3.05, 3.63) is 42.2 Å². The number of aliphatic carboxylic acids is 1. The molecule has 1 N–H and O–H groups in total. The Labute approximate surface area is 144 Å². The van der Waals surface area contributed by atoms with Crippen LogP contribution in [0.15, 0.2) is 34.9 Å². The lowest BCUT2D eigenvalue weighted by Gasteiger charge is -2.15. The summed E-state index contributed by atoms with van der Waals surface area (Å²) in [6, 6.07) is 6.24. The SMILES string of the molecule is C[C@@H]1CN(C(=O)CCc2ncc(-c3ccccc3F)o2)C[C@H]1C(=O)O. The maximum atomic E-state index is 13.7. The summed E-state index contributed by atoms with van der Waals surface area (Å²) in [5, 5.41) is 9.13. The molecule has 1 aliphatic heterocycles. The van der Waals surface area contributed by atoms with Crippen LogP contribution in [0.3, 0.4) is 0 Å². The second-order valence-corrected chi connectivity index (χ2v) is 6.32. The molecular weight excluding hydrogens is 327 g/mol. The second kappa shape index (κ2) is 7.04. The van der Waals surface area contributed by atoms with Gasteiger partial charge in [-0.1, -0.05) is 19.1 Å². The minimum absolute atomic E-state index is 0.0594. The number of carbonyl (C=O) groups is 2. The van der Waals surface area contributed by atoms with Crippen LogP contribution in [0.1, 0.15) is 19.2 Å². The zero-order chi connectivity index (χ0) is 18.0. The van der Waals surface area contributed by atoms with Gasteiger partial charge in [0.1, 0.15) is 5.82 Å². The Bertz CT molecular complexity index is 789. The Morgan fingerprint density at radius 2 is 2.12 bits per heavy atom. The van der Waals surface area contributed by atoms with Gasteiger partial charge in [-0.25, -0.2) is 9.37 Å². The Morgan fingerprint density at radius 1 is 1.36 bits per heavy atom. The molecule has 2 aromatic rings. The van der Waals surface area contributed by atoms with Crippen LogP contribution in [0.5, 0.6) is 0 Å². The van der Waals surface area contributed by atoms with Crippen molar-refractivity contribution in [1.82, 2.24) is 9.88 Å². The van der Waals surface area contributed by atoms with Gasteiger partial charge in [0.2, 0.25) is 5.91 Å². The molecule has 0 aliphatic carbocycles. The Balaban J connectivity index is 1.59. The van der Waals surface area contributed by atoms with Gasteiger partial charge in [-0.2, -0.15) is 0 Å². The van der Waals surface area contributed by atoms with Crippen LogP contribution < -0.4 is 0 Å². The van der Waals surface area contributed by atoms with Crippen LogP contribution in [0, 0.1) is 17.7 Å². The quantitative estimate of drug-likeness (QED) is 0.900. The molecule has 1 saturated heterocycles. The smallest absolute Gasteiger partial charge is 0.308 e. The number of amides is 1. The summed E-state index contributed by atoms with van der Waals surface area (Å²) >= 11 is 0. The third-order valence-corrected chi connectivity index (χ3v) is 4.53. The number of aryl methyl sites for hydroxylation is 1. The minimum atomic E-state index is -0.870. The Kier molecular flexibility index (Phi) is 4.83. The van der Waals surface area contributed by atoms with Gasteiger partial charge in [0.15, 0.2) is 11.7 Å². The predicted octanol–water partition coefficient (Wildman–Crippen LogP) is 2.59. The van der Waals surface area contributed by atoms with Gasteiger partial charge in [-0.05, 0) is 18.1 Å². The van der Waals surface area contributed by atoms with Crippen LogP contribution in [0.25, 0.3) is 11.3 Å². The number of hydrogen-bond donors (Lipinski definition) is 1. The first-order valence-electron chi connectivity index (χ1n) is 8.16. The van der Waals surface area contributed by atoms with Gasteiger partial charge in [-0.15, -0.1) is 0 Å². The van der Waals surface area contributed by atoms with Crippen molar-refractivity contribution in [3.63, 3.8) is 0 Å². The molecule has 7 heteroatoms. The molecule has 25 heavy (non-hydrogen) atoms. The van der Waals surface area contributed by atoms with E-state index in [9.17, 15) is 14.0 Å². The van der Waals surface area contributed by atoms with E-state index in [0.717, 1.165) is 0 Å². The van der Waals surface area contributed by atoms with Crippen LogP contribution in [-0.4, -0.2) is 40.0 Å². The molecule has 1 aliphatic rings. The summed E-state index contributed by atoms with van der Waals surface area (Å²) in [5.41, 5.74) is 0.324. The van der Waals surface area contributed by atoms with E-state index in [1.807, 2.05) is 6.92 Å². The number of carboxylic acid groups (broad SMARTS) is 1. The number of hydrogen-bond acceptors (Lipinski definition) is 4. The molecular formula is C18H19FN2O4. The fourth-order valence-electron chi connectivity index (χ4n) is 3.08. The number of oxazole rings is 1. The Morgan fingerprint density at radius 3 is 2.80 bits per heavy atom. The van der Waals surface area contributed by atoms with Gasteiger partial charge >= 0.3 is 5.97 Å². The summed E-state index contributed by atoms with van der Waals surface area (Å²) in [6.07, 6.45) is 1.91. The van der Waals surface area contributed by atoms with Crippen molar-refractivity contribution >= 4 is 11.9 Å². The summed E-state index contributed by atoms with van der Waals surface area (Å²) in [7, 11) is 0. The van der Waals surface area contributed by atoms with Crippen LogP contribution in [0.2, 0.25) is 0 Å². The van der Waals surface area contributed by atoms with Gasteiger partial charge in [-0.3, -0.25) is 9.59 Å². The zero-order valence-electron chi connectivity index (χ0n) is 13.8. The first-order chi connectivity index (χ1) is 12.0. The van der Waals surface area contributed by atoms with Crippen molar-refractivity contribution in [2.45, 2.75) is 19.8 Å². The lowest BCUT2D eigenvalue weighted by molar-refractivity contribution is -0.142. The summed E-state index contributed by atoms with van der Waals surface area (Å²) in [5.74, 6) is -1.29. The number of benzene rings is 1. The molecule has 0 bridgehead atoms. The highest BCUT2D eigenvalue weighted by Gasteiger charge is 2.36. The molecule has 1 amide bonds. The summed E-state index contributed by atoms with van der Waals surface area (Å²) in [4.78, 5) is 29.1. The number of aromatic nitrogens is 1. The number of nitrogens with zero attached hydrogens (tertiary/aromatic N) is 2. The standard InChI is InChI=1S/C18H19FN2O4/c1-11-9-21(10-13(11)18(23)24)17(22)7-6-16-20-8-15(25-16)12-4-2-3-5-14(12)19/h2-5,8,11,13H,6-7,9-10H2,1H3,(H,23,24)/t11-,13-/m1/s1. The van der Waals surface area contributed by atoms with Crippen molar-refractivity contribution in [2.75, 3.05) is 13.1 Å². The first kappa shape index (κ1) is 17.1. The van der Waals surface area contributed by atoms with E-state index in [0.29, 0.717) is 23.8 Å².